The number of ether oxygens (including phenoxy) is 1. The number of hydrogen-bond acceptors (Lipinski definition) is 3. The molecule has 1 rings (SSSR count). The lowest BCUT2D eigenvalue weighted by Gasteiger charge is -2.02. The van der Waals surface area contributed by atoms with Crippen LogP contribution in [0.5, 0.6) is 5.75 Å². The maximum Gasteiger partial charge on any atom is 0.387 e. The second kappa shape index (κ2) is 7.81. The Bertz CT molecular complexity index is 336. The Hall–Kier alpha value is -1.43. The number of aliphatic carboxylic acids is 1. The molecule has 1 heterocycles. The van der Waals surface area contributed by atoms with Crippen molar-refractivity contribution >= 4 is 17.6 Å². The number of carbonyl (C=O) groups is 1. The Morgan fingerprint density at radius 3 is 2.56 bits per heavy atom. The van der Waals surface area contributed by atoms with Crippen molar-refractivity contribution in [1.82, 2.24) is 4.98 Å². The van der Waals surface area contributed by atoms with Gasteiger partial charge in [0.1, 0.15) is 5.75 Å². The quantitative estimate of drug-likeness (QED) is 0.900. The van der Waals surface area contributed by atoms with E-state index in [1.165, 1.54) is 12.3 Å². The van der Waals surface area contributed by atoms with Crippen LogP contribution in [0, 0.1) is 0 Å². The molecule has 0 spiro atoms. The third kappa shape index (κ3) is 7.93. The molecule has 0 aliphatic carbocycles. The molecule has 0 aliphatic rings. The van der Waals surface area contributed by atoms with E-state index in [1.807, 2.05) is 0 Å². The molecular weight excluding hydrogens is 244 g/mol. The Morgan fingerprint density at radius 1 is 1.62 bits per heavy atom. The second-order valence-corrected chi connectivity index (χ2v) is 2.90. The van der Waals surface area contributed by atoms with Crippen LogP contribution < -0.4 is 4.74 Å². The molecule has 16 heavy (non-hydrogen) atoms. The van der Waals surface area contributed by atoms with Crippen LogP contribution in [0.25, 0.3) is 0 Å². The van der Waals surface area contributed by atoms with Gasteiger partial charge in [-0.15, -0.1) is 0 Å². The van der Waals surface area contributed by atoms with Gasteiger partial charge in [0.15, 0.2) is 0 Å². The third-order valence-electron chi connectivity index (χ3n) is 1.21. The van der Waals surface area contributed by atoms with E-state index in [1.54, 1.807) is 6.92 Å². The maximum absolute atomic E-state index is 11.6. The van der Waals surface area contributed by atoms with Gasteiger partial charge < -0.3 is 9.84 Å². The van der Waals surface area contributed by atoms with Gasteiger partial charge in [0.25, 0.3) is 0 Å². The topological polar surface area (TPSA) is 59.4 Å². The average Bonchev–Trinajstić information content (AvgIpc) is 2.17. The lowest BCUT2D eigenvalue weighted by atomic mass is 10.5. The molecule has 7 heteroatoms. The summed E-state index contributed by atoms with van der Waals surface area (Å²) in [6.07, 6.45) is 2.72. The molecular formula is C9H10ClF2NO3. The number of carboxylic acids is 1. The molecule has 0 fully saturated rings. The highest BCUT2D eigenvalue weighted by Crippen LogP contribution is 2.16. The van der Waals surface area contributed by atoms with Gasteiger partial charge in [0.05, 0.1) is 11.2 Å². The molecule has 1 N–H and O–H groups in total. The normalized spacial score (nSPS) is 9.31. The summed E-state index contributed by atoms with van der Waals surface area (Å²) >= 11 is 5.44. The predicted octanol–water partition coefficient (Wildman–Crippen LogP) is 2.82. The predicted molar refractivity (Wildman–Crippen MR) is 53.8 cm³/mol. The highest BCUT2D eigenvalue weighted by atomic mass is 35.5. The van der Waals surface area contributed by atoms with Gasteiger partial charge in [-0.1, -0.05) is 18.5 Å². The molecule has 0 atom stereocenters. The molecule has 0 aliphatic heterocycles. The van der Waals surface area contributed by atoms with Crippen LogP contribution in [0.15, 0.2) is 18.5 Å². The zero-order chi connectivity index (χ0) is 12.6. The summed E-state index contributed by atoms with van der Waals surface area (Å²) in [5.41, 5.74) is 0. The van der Waals surface area contributed by atoms with Crippen LogP contribution in [-0.2, 0) is 4.79 Å². The van der Waals surface area contributed by atoms with E-state index in [4.69, 9.17) is 16.7 Å². The Kier molecular flexibility index (Phi) is 7.11. The zero-order valence-electron chi connectivity index (χ0n) is 8.36. The fraction of sp³-hybridized carbons (Fsp3) is 0.333. The highest BCUT2D eigenvalue weighted by molar-refractivity contribution is 6.30. The van der Waals surface area contributed by atoms with Crippen molar-refractivity contribution < 1.29 is 23.4 Å². The van der Waals surface area contributed by atoms with Gasteiger partial charge in [-0.2, -0.15) is 8.78 Å². The minimum atomic E-state index is -2.84. The molecule has 90 valence electrons. The summed E-state index contributed by atoms with van der Waals surface area (Å²) in [6.45, 7) is -1.24. The SMILES string of the molecule is CCC(=O)O.FC(F)Oc1cncc(Cl)c1. The second-order valence-electron chi connectivity index (χ2n) is 2.46. The smallest absolute Gasteiger partial charge is 0.387 e. The largest absolute Gasteiger partial charge is 0.481 e. The van der Waals surface area contributed by atoms with Gasteiger partial charge in [0, 0.05) is 18.7 Å². The fourth-order valence-corrected chi connectivity index (χ4v) is 0.724. The average molecular weight is 254 g/mol. The molecule has 4 nitrogen and oxygen atoms in total. The van der Waals surface area contributed by atoms with Gasteiger partial charge in [-0.3, -0.25) is 9.78 Å². The van der Waals surface area contributed by atoms with Crippen molar-refractivity contribution in [2.45, 2.75) is 20.0 Å². The van der Waals surface area contributed by atoms with Crippen molar-refractivity contribution in [2.24, 2.45) is 0 Å². The molecule has 1 aromatic rings. The molecule has 0 unspecified atom stereocenters. The standard InChI is InChI=1S/C6H4ClF2NO.C3H6O2/c7-4-1-5(3-10-2-4)11-6(8)9;1-2-3(4)5/h1-3,6H;2H2,1H3,(H,4,5). The first-order valence-electron chi connectivity index (χ1n) is 4.22. The third-order valence-corrected chi connectivity index (χ3v) is 1.41. The van der Waals surface area contributed by atoms with Crippen molar-refractivity contribution in [3.05, 3.63) is 23.5 Å². The number of aromatic nitrogens is 1. The van der Waals surface area contributed by atoms with E-state index in [2.05, 4.69) is 9.72 Å². The first-order chi connectivity index (χ1) is 7.45. The van der Waals surface area contributed by atoms with Crippen molar-refractivity contribution in [1.29, 1.82) is 0 Å². The summed E-state index contributed by atoms with van der Waals surface area (Å²) in [4.78, 5) is 12.9. The monoisotopic (exact) mass is 253 g/mol. The first kappa shape index (κ1) is 14.6. The number of carboxylic acid groups (broad SMARTS) is 1. The minimum absolute atomic E-state index is 0.0347. The van der Waals surface area contributed by atoms with Crippen LogP contribution in [0.2, 0.25) is 5.02 Å². The number of nitrogens with zero attached hydrogens (tertiary/aromatic N) is 1. The van der Waals surface area contributed by atoms with Crippen molar-refractivity contribution in [2.75, 3.05) is 0 Å². The van der Waals surface area contributed by atoms with Gasteiger partial charge in [-0.05, 0) is 0 Å². The first-order valence-corrected chi connectivity index (χ1v) is 4.60. The molecule has 0 aromatic carbocycles. The summed E-state index contributed by atoms with van der Waals surface area (Å²) in [5.74, 6) is -0.780. The summed E-state index contributed by atoms with van der Waals surface area (Å²) in [7, 11) is 0. The molecule has 0 amide bonds. The minimum Gasteiger partial charge on any atom is -0.481 e. The molecule has 0 saturated carbocycles. The highest BCUT2D eigenvalue weighted by Gasteiger charge is 2.03. The van der Waals surface area contributed by atoms with Crippen LogP contribution in [0.4, 0.5) is 8.78 Å². The summed E-state index contributed by atoms with van der Waals surface area (Å²) in [6, 6.07) is 1.26. The lowest BCUT2D eigenvalue weighted by Crippen LogP contribution is -2.01. The van der Waals surface area contributed by atoms with E-state index in [0.29, 0.717) is 0 Å². The van der Waals surface area contributed by atoms with Crippen LogP contribution in [0.3, 0.4) is 0 Å². The van der Waals surface area contributed by atoms with Gasteiger partial charge >= 0.3 is 12.6 Å². The molecule has 0 saturated heterocycles. The maximum atomic E-state index is 11.6. The van der Waals surface area contributed by atoms with E-state index < -0.39 is 12.6 Å². The molecule has 1 aromatic heterocycles. The zero-order valence-corrected chi connectivity index (χ0v) is 9.12. The molecule has 0 radical (unpaired) electrons. The number of alkyl halides is 2. The molecule has 0 bridgehead atoms. The van der Waals surface area contributed by atoms with Gasteiger partial charge in [0.2, 0.25) is 0 Å². The van der Waals surface area contributed by atoms with E-state index in [9.17, 15) is 13.6 Å². The van der Waals surface area contributed by atoms with Gasteiger partial charge in [-0.25, -0.2) is 0 Å². The number of hydrogen-bond donors (Lipinski definition) is 1. The van der Waals surface area contributed by atoms with Crippen molar-refractivity contribution in [3.63, 3.8) is 0 Å². The van der Waals surface area contributed by atoms with Crippen LogP contribution >= 0.6 is 11.6 Å². The number of rotatable bonds is 3. The summed E-state index contributed by atoms with van der Waals surface area (Å²) < 4.78 is 27.1. The fourth-order valence-electron chi connectivity index (χ4n) is 0.560. The van der Waals surface area contributed by atoms with E-state index in [0.717, 1.165) is 6.20 Å². The van der Waals surface area contributed by atoms with E-state index >= 15 is 0 Å². The van der Waals surface area contributed by atoms with Crippen LogP contribution in [0.1, 0.15) is 13.3 Å². The van der Waals surface area contributed by atoms with Crippen molar-refractivity contribution in [3.8, 4) is 5.75 Å². The summed E-state index contributed by atoms with van der Waals surface area (Å²) in [5, 5.41) is 7.99. The number of halogens is 3. The Labute approximate surface area is 95.8 Å². The van der Waals surface area contributed by atoms with Crippen LogP contribution in [-0.4, -0.2) is 22.7 Å². The van der Waals surface area contributed by atoms with E-state index in [-0.39, 0.29) is 17.2 Å². The Balaban J connectivity index is 0.000000385. The lowest BCUT2D eigenvalue weighted by molar-refractivity contribution is -0.136. The number of pyridine rings is 1. The Morgan fingerprint density at radius 2 is 2.19 bits per heavy atom.